The highest BCUT2D eigenvalue weighted by Crippen LogP contribution is 2.23. The van der Waals surface area contributed by atoms with Crippen LogP contribution in [0.2, 0.25) is 0 Å². The predicted molar refractivity (Wildman–Crippen MR) is 80.1 cm³/mol. The largest absolute Gasteiger partial charge is 0.506 e. The van der Waals surface area contributed by atoms with Crippen molar-refractivity contribution in [1.29, 1.82) is 0 Å². The second-order valence-electron chi connectivity index (χ2n) is 4.73. The number of phenols is 1. The highest BCUT2D eigenvalue weighted by molar-refractivity contribution is 7.89. The summed E-state index contributed by atoms with van der Waals surface area (Å²) in [5.74, 6) is -0.125. The minimum Gasteiger partial charge on any atom is -0.506 e. The molecule has 0 heterocycles. The monoisotopic (exact) mass is 301 g/mol. The van der Waals surface area contributed by atoms with E-state index in [1.807, 2.05) is 20.8 Å². The molecule has 20 heavy (non-hydrogen) atoms. The summed E-state index contributed by atoms with van der Waals surface area (Å²) in [7, 11) is -3.63. The Kier molecular flexibility index (Phi) is 5.79. The zero-order valence-corrected chi connectivity index (χ0v) is 12.9. The third kappa shape index (κ3) is 4.36. The Bertz CT molecular complexity index is 542. The second kappa shape index (κ2) is 6.92. The van der Waals surface area contributed by atoms with Crippen LogP contribution in [-0.2, 0) is 10.0 Å². The lowest BCUT2D eigenvalue weighted by atomic mass is 10.3. The van der Waals surface area contributed by atoms with E-state index in [1.165, 1.54) is 18.2 Å². The maximum Gasteiger partial charge on any atom is 0.240 e. The summed E-state index contributed by atoms with van der Waals surface area (Å²) in [6, 6.07) is 3.65. The van der Waals surface area contributed by atoms with Crippen LogP contribution in [-0.4, -0.2) is 44.1 Å². The summed E-state index contributed by atoms with van der Waals surface area (Å²) in [6.07, 6.45) is 0. The Morgan fingerprint density at radius 1 is 1.35 bits per heavy atom. The molecule has 0 bridgehead atoms. The molecule has 0 radical (unpaired) electrons. The first-order chi connectivity index (χ1) is 9.30. The van der Waals surface area contributed by atoms with Crippen LogP contribution >= 0.6 is 0 Å². The lowest BCUT2D eigenvalue weighted by Gasteiger charge is -2.23. The summed E-state index contributed by atoms with van der Waals surface area (Å²) in [5, 5.41) is 9.33. The summed E-state index contributed by atoms with van der Waals surface area (Å²) in [5.41, 5.74) is 5.57. The topological polar surface area (TPSA) is 95.7 Å². The number of sulfonamides is 1. The normalized spacial score (nSPS) is 13.6. The van der Waals surface area contributed by atoms with E-state index in [0.717, 1.165) is 13.1 Å². The molecule has 1 aromatic carbocycles. The number of benzene rings is 1. The van der Waals surface area contributed by atoms with E-state index >= 15 is 0 Å². The van der Waals surface area contributed by atoms with E-state index < -0.39 is 10.0 Å². The fourth-order valence-electron chi connectivity index (χ4n) is 1.94. The minimum atomic E-state index is -3.63. The Balaban J connectivity index is 2.81. The number of anilines is 1. The molecule has 0 saturated heterocycles. The van der Waals surface area contributed by atoms with E-state index in [-0.39, 0.29) is 22.4 Å². The van der Waals surface area contributed by atoms with Crippen molar-refractivity contribution in [3.8, 4) is 5.75 Å². The number of likely N-dealkylation sites (N-methyl/N-ethyl adjacent to an activating group) is 1. The van der Waals surface area contributed by atoms with Gasteiger partial charge in [-0.3, -0.25) is 0 Å². The van der Waals surface area contributed by atoms with Crippen molar-refractivity contribution in [1.82, 2.24) is 9.62 Å². The molecule has 1 unspecified atom stereocenters. The second-order valence-corrected chi connectivity index (χ2v) is 6.44. The van der Waals surface area contributed by atoms with Gasteiger partial charge in [0.05, 0.1) is 10.6 Å². The van der Waals surface area contributed by atoms with Crippen LogP contribution in [0.4, 0.5) is 5.69 Å². The van der Waals surface area contributed by atoms with Crippen molar-refractivity contribution in [2.24, 2.45) is 0 Å². The number of hydrogen-bond donors (Lipinski definition) is 3. The molecule has 0 amide bonds. The SMILES string of the molecule is CCN(CC)CC(C)NS(=O)(=O)c1ccc(O)c(N)c1. The third-order valence-electron chi connectivity index (χ3n) is 3.09. The molecular formula is C13H23N3O3S. The van der Waals surface area contributed by atoms with Crippen LogP contribution < -0.4 is 10.5 Å². The predicted octanol–water partition coefficient (Wildman–Crippen LogP) is 0.983. The van der Waals surface area contributed by atoms with Gasteiger partial charge in [0.25, 0.3) is 0 Å². The van der Waals surface area contributed by atoms with E-state index in [4.69, 9.17) is 5.73 Å². The Labute approximate surface area is 120 Å². The molecule has 6 nitrogen and oxygen atoms in total. The fourth-order valence-corrected chi connectivity index (χ4v) is 3.21. The van der Waals surface area contributed by atoms with Crippen LogP contribution in [0.25, 0.3) is 0 Å². The molecule has 1 rings (SSSR count). The molecule has 114 valence electrons. The van der Waals surface area contributed by atoms with Crippen LogP contribution in [0, 0.1) is 0 Å². The average Bonchev–Trinajstić information content (AvgIpc) is 2.38. The Morgan fingerprint density at radius 3 is 2.45 bits per heavy atom. The first-order valence-corrected chi connectivity index (χ1v) is 8.11. The van der Waals surface area contributed by atoms with Crippen LogP contribution in [0.1, 0.15) is 20.8 Å². The molecule has 0 fully saturated rings. The van der Waals surface area contributed by atoms with Gasteiger partial charge in [-0.1, -0.05) is 13.8 Å². The zero-order valence-electron chi connectivity index (χ0n) is 12.1. The van der Waals surface area contributed by atoms with Crippen molar-refractivity contribution in [3.05, 3.63) is 18.2 Å². The molecule has 0 aromatic heterocycles. The smallest absolute Gasteiger partial charge is 0.240 e. The molecule has 0 spiro atoms. The summed E-state index contributed by atoms with van der Waals surface area (Å²) in [4.78, 5) is 2.19. The van der Waals surface area contributed by atoms with Gasteiger partial charge in [0, 0.05) is 12.6 Å². The lowest BCUT2D eigenvalue weighted by Crippen LogP contribution is -2.41. The van der Waals surface area contributed by atoms with Crippen molar-refractivity contribution in [3.63, 3.8) is 0 Å². The molecule has 1 atom stereocenters. The fraction of sp³-hybridized carbons (Fsp3) is 0.538. The van der Waals surface area contributed by atoms with Gasteiger partial charge in [-0.2, -0.15) is 0 Å². The highest BCUT2D eigenvalue weighted by Gasteiger charge is 2.19. The van der Waals surface area contributed by atoms with Crippen molar-refractivity contribution in [2.75, 3.05) is 25.4 Å². The first kappa shape index (κ1) is 16.7. The number of nitrogen functional groups attached to an aromatic ring is 1. The number of nitrogens with zero attached hydrogens (tertiary/aromatic N) is 1. The number of phenolic OH excluding ortho intramolecular Hbond substituents is 1. The minimum absolute atomic E-state index is 0.0456. The van der Waals surface area contributed by atoms with Gasteiger partial charge in [0.1, 0.15) is 5.75 Å². The van der Waals surface area contributed by atoms with E-state index in [1.54, 1.807) is 0 Å². The molecule has 1 aromatic rings. The number of rotatable bonds is 7. The van der Waals surface area contributed by atoms with Gasteiger partial charge in [-0.05, 0) is 38.2 Å². The summed E-state index contributed by atoms with van der Waals surface area (Å²) in [6.45, 7) is 8.26. The van der Waals surface area contributed by atoms with Crippen LogP contribution in [0.3, 0.4) is 0 Å². The molecule has 4 N–H and O–H groups in total. The Morgan fingerprint density at radius 2 is 1.95 bits per heavy atom. The van der Waals surface area contributed by atoms with Gasteiger partial charge >= 0.3 is 0 Å². The van der Waals surface area contributed by atoms with E-state index in [0.29, 0.717) is 6.54 Å². The summed E-state index contributed by atoms with van der Waals surface area (Å²) >= 11 is 0. The van der Waals surface area contributed by atoms with Gasteiger partial charge in [-0.25, -0.2) is 13.1 Å². The molecule has 0 saturated carbocycles. The molecule has 0 aliphatic carbocycles. The number of hydrogen-bond acceptors (Lipinski definition) is 5. The summed E-state index contributed by atoms with van der Waals surface area (Å²) < 4.78 is 27.0. The molecule has 0 aliphatic rings. The number of nitrogens with one attached hydrogen (secondary N) is 1. The molecule has 0 aliphatic heterocycles. The third-order valence-corrected chi connectivity index (χ3v) is 4.68. The quantitative estimate of drug-likeness (QED) is 0.515. The van der Waals surface area contributed by atoms with Gasteiger partial charge < -0.3 is 15.7 Å². The van der Waals surface area contributed by atoms with Gasteiger partial charge in [0.15, 0.2) is 0 Å². The standard InChI is InChI=1S/C13H23N3O3S/c1-4-16(5-2)9-10(3)15-20(18,19)11-6-7-13(17)12(14)8-11/h6-8,10,15,17H,4-5,9,14H2,1-3H3. The molecular weight excluding hydrogens is 278 g/mol. The van der Waals surface area contributed by atoms with Crippen molar-refractivity contribution < 1.29 is 13.5 Å². The lowest BCUT2D eigenvalue weighted by molar-refractivity contribution is 0.282. The van der Waals surface area contributed by atoms with Gasteiger partial charge in [-0.15, -0.1) is 0 Å². The number of aromatic hydroxyl groups is 1. The van der Waals surface area contributed by atoms with E-state index in [2.05, 4.69) is 9.62 Å². The molecule has 7 heteroatoms. The van der Waals surface area contributed by atoms with Crippen molar-refractivity contribution >= 4 is 15.7 Å². The maximum absolute atomic E-state index is 12.2. The average molecular weight is 301 g/mol. The van der Waals surface area contributed by atoms with E-state index in [9.17, 15) is 13.5 Å². The van der Waals surface area contributed by atoms with Crippen LogP contribution in [0.5, 0.6) is 5.75 Å². The van der Waals surface area contributed by atoms with Crippen LogP contribution in [0.15, 0.2) is 23.1 Å². The first-order valence-electron chi connectivity index (χ1n) is 6.63. The Hall–Kier alpha value is -1.31. The maximum atomic E-state index is 12.2. The zero-order chi connectivity index (χ0) is 15.3. The number of nitrogens with two attached hydrogens (primary N) is 1. The van der Waals surface area contributed by atoms with Crippen molar-refractivity contribution in [2.45, 2.75) is 31.7 Å². The van der Waals surface area contributed by atoms with Gasteiger partial charge in [0.2, 0.25) is 10.0 Å². The highest BCUT2D eigenvalue weighted by atomic mass is 32.2.